The number of unbranched alkanes of at least 4 members (excludes halogenated alkanes) is 37. The fourth-order valence-corrected chi connectivity index (χ4v) is 10.7. The summed E-state index contributed by atoms with van der Waals surface area (Å²) in [6, 6.07) is -0.928. The summed E-state index contributed by atoms with van der Waals surface area (Å²) in [5, 5.41) is 87.2. The number of hydrogen-bond donors (Lipinski definition) is 9. The molecule has 14 heteroatoms. The van der Waals surface area contributed by atoms with Crippen molar-refractivity contribution in [2.75, 3.05) is 19.8 Å². The first kappa shape index (κ1) is 71.6. The Morgan fingerprint density at radius 2 is 0.831 bits per heavy atom. The van der Waals surface area contributed by atoms with Gasteiger partial charge in [-0.1, -0.05) is 263 Å². The lowest BCUT2D eigenvalue weighted by molar-refractivity contribution is -0.359. The highest BCUT2D eigenvalue weighted by molar-refractivity contribution is 5.76. The zero-order chi connectivity index (χ0) is 56.0. The number of carbonyl (C=O) groups excluding carboxylic acids is 1. The van der Waals surface area contributed by atoms with Crippen LogP contribution in [0.3, 0.4) is 0 Å². The molecule has 1 amide bonds. The molecule has 0 aromatic heterocycles. The van der Waals surface area contributed by atoms with E-state index in [1.807, 2.05) is 6.08 Å². The lowest BCUT2D eigenvalue weighted by Gasteiger charge is -2.46. The molecule has 0 aromatic rings. The van der Waals surface area contributed by atoms with Crippen LogP contribution in [0.5, 0.6) is 0 Å². The largest absolute Gasteiger partial charge is 0.394 e. The summed E-state index contributed by atoms with van der Waals surface area (Å²) in [5.41, 5.74) is 0. The van der Waals surface area contributed by atoms with Crippen LogP contribution in [-0.2, 0) is 23.7 Å². The Bertz CT molecular complexity index is 1390. The number of nitrogens with one attached hydrogen (secondary N) is 1. The molecule has 2 rings (SSSR count). The molecule has 2 aliphatic heterocycles. The van der Waals surface area contributed by atoms with Gasteiger partial charge in [-0.25, -0.2) is 0 Å². The SMILES string of the molecule is CCCCCCCCCCCCCCCCCCC/C=C/CC/C=C/C(O)C(COC1OC(CO)C(OC2OC(CO)C(O)C(O)C2O)C(O)C1O)NC(=O)CCCCCCCCCCCCCCCCCCCCCC. The first-order valence-corrected chi connectivity index (χ1v) is 32.1. The lowest BCUT2D eigenvalue weighted by Crippen LogP contribution is -2.65. The smallest absolute Gasteiger partial charge is 0.220 e. The highest BCUT2D eigenvalue weighted by Gasteiger charge is 2.51. The lowest BCUT2D eigenvalue weighted by atomic mass is 9.97. The average molecular weight is 1100 g/mol. The third kappa shape index (κ3) is 34.5. The predicted octanol–water partition coefficient (Wildman–Crippen LogP) is 11.6. The third-order valence-electron chi connectivity index (χ3n) is 15.9. The van der Waals surface area contributed by atoms with Crippen LogP contribution in [-0.4, -0.2) is 140 Å². The van der Waals surface area contributed by atoms with Gasteiger partial charge >= 0.3 is 0 Å². The van der Waals surface area contributed by atoms with Gasteiger partial charge in [0, 0.05) is 6.42 Å². The monoisotopic (exact) mass is 1100 g/mol. The Hall–Kier alpha value is -1.53. The molecular formula is C63H119NO13. The number of aliphatic hydroxyl groups excluding tert-OH is 8. The van der Waals surface area contributed by atoms with Crippen molar-refractivity contribution in [1.82, 2.24) is 5.32 Å². The molecule has 0 spiro atoms. The topological polar surface area (TPSA) is 228 Å². The second-order valence-corrected chi connectivity index (χ2v) is 22.9. The zero-order valence-corrected chi connectivity index (χ0v) is 49.0. The van der Waals surface area contributed by atoms with Crippen LogP contribution < -0.4 is 5.32 Å². The number of allylic oxidation sites excluding steroid dienone is 3. The Kier molecular flexibility index (Phi) is 45.7. The number of rotatable bonds is 52. The van der Waals surface area contributed by atoms with Gasteiger partial charge in [-0.05, 0) is 32.1 Å². The van der Waals surface area contributed by atoms with E-state index in [1.165, 1.54) is 212 Å². The van der Waals surface area contributed by atoms with Crippen molar-refractivity contribution < 1.29 is 64.6 Å². The number of ether oxygens (including phenoxy) is 4. The molecule has 77 heavy (non-hydrogen) atoms. The number of hydrogen-bond acceptors (Lipinski definition) is 13. The summed E-state index contributed by atoms with van der Waals surface area (Å²) in [7, 11) is 0. The molecule has 2 heterocycles. The fraction of sp³-hybridized carbons (Fsp3) is 0.921. The van der Waals surface area contributed by atoms with Gasteiger partial charge in [-0.15, -0.1) is 0 Å². The molecule has 2 fully saturated rings. The third-order valence-corrected chi connectivity index (χ3v) is 15.9. The molecule has 14 nitrogen and oxygen atoms in total. The van der Waals surface area contributed by atoms with E-state index in [4.69, 9.17) is 18.9 Å². The maximum absolute atomic E-state index is 13.3. The van der Waals surface area contributed by atoms with Gasteiger partial charge in [0.1, 0.15) is 48.8 Å². The van der Waals surface area contributed by atoms with Crippen LogP contribution >= 0.6 is 0 Å². The summed E-state index contributed by atoms with van der Waals surface area (Å²) >= 11 is 0. The maximum atomic E-state index is 13.3. The van der Waals surface area contributed by atoms with Crippen molar-refractivity contribution in [2.24, 2.45) is 0 Å². The maximum Gasteiger partial charge on any atom is 0.220 e. The molecule has 2 aliphatic rings. The fourth-order valence-electron chi connectivity index (χ4n) is 10.7. The normalized spacial score (nSPS) is 24.8. The van der Waals surface area contributed by atoms with Gasteiger partial charge in [0.05, 0.1) is 32.0 Å². The second kappa shape index (κ2) is 49.1. The number of amides is 1. The van der Waals surface area contributed by atoms with Crippen molar-refractivity contribution in [3.8, 4) is 0 Å². The van der Waals surface area contributed by atoms with E-state index in [2.05, 4.69) is 31.3 Å². The molecule has 0 bridgehead atoms. The summed E-state index contributed by atoms with van der Waals surface area (Å²) in [5.74, 6) is -0.243. The minimum Gasteiger partial charge on any atom is -0.394 e. The summed E-state index contributed by atoms with van der Waals surface area (Å²) in [4.78, 5) is 13.3. The van der Waals surface area contributed by atoms with Crippen LogP contribution in [0.25, 0.3) is 0 Å². The van der Waals surface area contributed by atoms with E-state index < -0.39 is 86.8 Å². The molecule has 0 saturated carbocycles. The van der Waals surface area contributed by atoms with E-state index in [9.17, 15) is 45.6 Å². The Balaban J connectivity index is 1.75. The molecule has 454 valence electrons. The Labute approximate surface area is 468 Å². The van der Waals surface area contributed by atoms with Gasteiger partial charge in [-0.3, -0.25) is 4.79 Å². The predicted molar refractivity (Wildman–Crippen MR) is 309 cm³/mol. The van der Waals surface area contributed by atoms with Crippen LogP contribution in [0, 0.1) is 0 Å². The molecule has 12 unspecified atom stereocenters. The molecule has 2 saturated heterocycles. The minimum absolute atomic E-state index is 0.243. The van der Waals surface area contributed by atoms with Gasteiger partial charge in [-0.2, -0.15) is 0 Å². The van der Waals surface area contributed by atoms with E-state index in [0.717, 1.165) is 32.1 Å². The minimum atomic E-state index is -1.79. The first-order valence-electron chi connectivity index (χ1n) is 32.1. The summed E-state index contributed by atoms with van der Waals surface area (Å²) < 4.78 is 22.8. The van der Waals surface area contributed by atoms with Crippen LogP contribution in [0.4, 0.5) is 0 Å². The van der Waals surface area contributed by atoms with Gasteiger partial charge < -0.3 is 65.1 Å². The molecule has 0 aromatic carbocycles. The quantitative estimate of drug-likeness (QED) is 0.0204. The van der Waals surface area contributed by atoms with Crippen molar-refractivity contribution in [3.05, 3.63) is 24.3 Å². The van der Waals surface area contributed by atoms with Crippen molar-refractivity contribution in [1.29, 1.82) is 0 Å². The van der Waals surface area contributed by atoms with Gasteiger partial charge in [0.25, 0.3) is 0 Å². The van der Waals surface area contributed by atoms with Crippen LogP contribution in [0.15, 0.2) is 24.3 Å². The van der Waals surface area contributed by atoms with Crippen molar-refractivity contribution in [3.63, 3.8) is 0 Å². The number of aliphatic hydroxyl groups is 8. The zero-order valence-electron chi connectivity index (χ0n) is 49.0. The van der Waals surface area contributed by atoms with Crippen molar-refractivity contribution >= 4 is 5.91 Å². The first-order chi connectivity index (χ1) is 37.6. The van der Waals surface area contributed by atoms with Gasteiger partial charge in [0.2, 0.25) is 5.91 Å². The van der Waals surface area contributed by atoms with E-state index in [0.29, 0.717) is 12.8 Å². The average Bonchev–Trinajstić information content (AvgIpc) is 3.44. The molecular weight excluding hydrogens is 979 g/mol. The van der Waals surface area contributed by atoms with Crippen LogP contribution in [0.2, 0.25) is 0 Å². The number of carbonyl (C=O) groups is 1. The standard InChI is InChI=1S/C63H119NO13/c1-3-5-7-9-11-13-15-17-19-21-23-25-26-27-28-30-32-34-36-38-40-42-44-46-52(67)51(64-55(68)47-45-43-41-39-37-35-33-31-29-24-22-20-18-16-14-12-10-8-6-4-2)50-74-62-60(73)58(71)61(54(49-66)76-62)77-63-59(72)57(70)56(69)53(48-65)75-63/h36,38,44,46,51-54,56-63,65-67,69-73H,3-35,37,39-43,45,47-50H2,1-2H3,(H,64,68)/b38-36+,46-44+. The molecule has 12 atom stereocenters. The van der Waals surface area contributed by atoms with Crippen LogP contribution in [0.1, 0.15) is 277 Å². The second-order valence-electron chi connectivity index (χ2n) is 22.9. The van der Waals surface area contributed by atoms with E-state index in [-0.39, 0.29) is 18.9 Å². The van der Waals surface area contributed by atoms with E-state index in [1.54, 1.807) is 6.08 Å². The summed E-state index contributed by atoms with van der Waals surface area (Å²) in [6.07, 6.45) is 42.2. The molecule has 9 N–H and O–H groups in total. The van der Waals surface area contributed by atoms with Crippen molar-refractivity contribution in [2.45, 2.75) is 351 Å². The molecule has 0 radical (unpaired) electrons. The molecule has 0 aliphatic carbocycles. The van der Waals surface area contributed by atoms with Gasteiger partial charge in [0.15, 0.2) is 12.6 Å². The van der Waals surface area contributed by atoms with E-state index >= 15 is 0 Å². The highest BCUT2D eigenvalue weighted by Crippen LogP contribution is 2.30. The Morgan fingerprint density at radius 3 is 1.27 bits per heavy atom. The Morgan fingerprint density at radius 1 is 0.455 bits per heavy atom. The highest BCUT2D eigenvalue weighted by atomic mass is 16.7. The summed E-state index contributed by atoms with van der Waals surface area (Å²) in [6.45, 7) is 2.82.